The van der Waals surface area contributed by atoms with E-state index in [0.29, 0.717) is 10.2 Å². The molecule has 10 heteroatoms. The molecule has 1 aromatic carbocycles. The van der Waals surface area contributed by atoms with Crippen molar-refractivity contribution in [2.24, 2.45) is 0 Å². The zero-order chi connectivity index (χ0) is 17.0. The predicted molar refractivity (Wildman–Crippen MR) is 87.4 cm³/mol. The molecule has 0 atom stereocenters. The summed E-state index contributed by atoms with van der Waals surface area (Å²) >= 11 is 4.06. The number of halogens is 2. The number of sulfonamides is 1. The van der Waals surface area contributed by atoms with Gasteiger partial charge in [-0.05, 0) is 25.1 Å². The van der Waals surface area contributed by atoms with Crippen molar-refractivity contribution in [1.29, 1.82) is 0 Å². The van der Waals surface area contributed by atoms with Crippen molar-refractivity contribution >= 4 is 48.4 Å². The molecular formula is C13H12BrFN2O4S2. The molecule has 0 aliphatic rings. The number of carbonyl (C=O) groups excluding carboxylic acids is 1. The molecule has 0 bridgehead atoms. The van der Waals surface area contributed by atoms with Crippen LogP contribution in [0.25, 0.3) is 0 Å². The zero-order valence-corrected chi connectivity index (χ0v) is 15.1. The Kier molecular flexibility index (Phi) is 5.71. The Hall–Kier alpha value is -1.52. The second-order valence-electron chi connectivity index (χ2n) is 4.31. The van der Waals surface area contributed by atoms with Crippen LogP contribution in [0.1, 0.15) is 12.6 Å². The number of benzene rings is 1. The topological polar surface area (TPSA) is 85.4 Å². The standard InChI is InChI=1S/C13H12BrFN2O4S2/c1-2-21-12(18)6-9-7-22-13(16-9)17-23(19,20)11-4-3-8(14)5-10(11)15/h3-5,7H,2,6H2,1H3,(H,16,17). The van der Waals surface area contributed by atoms with Gasteiger partial charge in [-0.2, -0.15) is 0 Å². The van der Waals surface area contributed by atoms with Crippen molar-refractivity contribution in [2.45, 2.75) is 18.2 Å². The number of ether oxygens (including phenoxy) is 1. The van der Waals surface area contributed by atoms with Crippen molar-refractivity contribution in [3.05, 3.63) is 39.6 Å². The van der Waals surface area contributed by atoms with Gasteiger partial charge in [0.2, 0.25) is 0 Å². The molecule has 6 nitrogen and oxygen atoms in total. The zero-order valence-electron chi connectivity index (χ0n) is 11.9. The van der Waals surface area contributed by atoms with Gasteiger partial charge in [0.25, 0.3) is 10.0 Å². The van der Waals surface area contributed by atoms with Crippen molar-refractivity contribution in [3.8, 4) is 0 Å². The molecule has 0 saturated heterocycles. The number of nitrogens with one attached hydrogen (secondary N) is 1. The van der Waals surface area contributed by atoms with Crippen LogP contribution in [0.4, 0.5) is 9.52 Å². The Morgan fingerprint density at radius 2 is 2.22 bits per heavy atom. The number of thiazole rings is 1. The lowest BCUT2D eigenvalue weighted by Crippen LogP contribution is -2.14. The van der Waals surface area contributed by atoms with Gasteiger partial charge in [-0.15, -0.1) is 11.3 Å². The molecule has 1 aromatic heterocycles. The maximum absolute atomic E-state index is 13.8. The molecule has 0 unspecified atom stereocenters. The largest absolute Gasteiger partial charge is 0.466 e. The number of hydrogen-bond acceptors (Lipinski definition) is 6. The lowest BCUT2D eigenvalue weighted by atomic mass is 10.3. The molecular weight excluding hydrogens is 411 g/mol. The normalized spacial score (nSPS) is 11.3. The summed E-state index contributed by atoms with van der Waals surface area (Å²) in [6, 6.07) is 3.63. The molecule has 0 radical (unpaired) electrons. The van der Waals surface area contributed by atoms with Gasteiger partial charge < -0.3 is 4.74 Å². The van der Waals surface area contributed by atoms with Crippen molar-refractivity contribution < 1.29 is 22.3 Å². The maximum atomic E-state index is 13.8. The summed E-state index contributed by atoms with van der Waals surface area (Å²) in [4.78, 5) is 14.9. The molecule has 0 spiro atoms. The first-order valence-corrected chi connectivity index (χ1v) is 9.55. The van der Waals surface area contributed by atoms with Crippen LogP contribution in [0.15, 0.2) is 32.9 Å². The van der Waals surface area contributed by atoms with Crippen LogP contribution in [0.5, 0.6) is 0 Å². The van der Waals surface area contributed by atoms with Crippen LogP contribution in [0, 0.1) is 5.82 Å². The van der Waals surface area contributed by atoms with E-state index in [4.69, 9.17) is 4.74 Å². The van der Waals surface area contributed by atoms with E-state index in [9.17, 15) is 17.6 Å². The first-order chi connectivity index (χ1) is 10.8. The third-order valence-electron chi connectivity index (χ3n) is 2.59. The Balaban J connectivity index is 2.15. The fraction of sp³-hybridized carbons (Fsp3) is 0.231. The Bertz CT molecular complexity index is 823. The van der Waals surface area contributed by atoms with Gasteiger partial charge in [-0.1, -0.05) is 15.9 Å². The highest BCUT2D eigenvalue weighted by molar-refractivity contribution is 9.10. The molecule has 2 rings (SSSR count). The number of anilines is 1. The van der Waals surface area contributed by atoms with E-state index in [-0.39, 0.29) is 18.2 Å². The first-order valence-electron chi connectivity index (χ1n) is 6.39. The fourth-order valence-electron chi connectivity index (χ4n) is 1.66. The summed E-state index contributed by atoms with van der Waals surface area (Å²) in [5, 5.41) is 1.58. The second kappa shape index (κ2) is 7.37. The van der Waals surface area contributed by atoms with E-state index in [2.05, 4.69) is 25.6 Å². The second-order valence-corrected chi connectivity index (χ2v) is 7.73. The molecule has 124 valence electrons. The summed E-state index contributed by atoms with van der Waals surface area (Å²) in [7, 11) is -4.10. The highest BCUT2D eigenvalue weighted by Gasteiger charge is 2.21. The Morgan fingerprint density at radius 1 is 1.48 bits per heavy atom. The van der Waals surface area contributed by atoms with E-state index in [1.165, 1.54) is 11.4 Å². The van der Waals surface area contributed by atoms with Gasteiger partial charge in [-0.3, -0.25) is 9.52 Å². The third kappa shape index (κ3) is 4.72. The van der Waals surface area contributed by atoms with Gasteiger partial charge in [0.15, 0.2) is 5.13 Å². The molecule has 2 aromatic rings. The van der Waals surface area contributed by atoms with Crippen molar-refractivity contribution in [2.75, 3.05) is 11.3 Å². The fourth-order valence-corrected chi connectivity index (χ4v) is 4.01. The molecule has 23 heavy (non-hydrogen) atoms. The van der Waals surface area contributed by atoms with E-state index in [0.717, 1.165) is 23.5 Å². The number of rotatable bonds is 6. The Morgan fingerprint density at radius 3 is 2.87 bits per heavy atom. The van der Waals surface area contributed by atoms with Crippen molar-refractivity contribution in [1.82, 2.24) is 4.98 Å². The van der Waals surface area contributed by atoms with Gasteiger partial charge >= 0.3 is 5.97 Å². The minimum Gasteiger partial charge on any atom is -0.466 e. The molecule has 0 fully saturated rings. The van der Waals surface area contributed by atoms with Gasteiger partial charge in [0.1, 0.15) is 10.7 Å². The third-order valence-corrected chi connectivity index (χ3v) is 5.39. The number of carbonyl (C=O) groups is 1. The van der Waals surface area contributed by atoms with Gasteiger partial charge in [-0.25, -0.2) is 17.8 Å². The highest BCUT2D eigenvalue weighted by Crippen LogP contribution is 2.24. The number of nitrogens with zero attached hydrogens (tertiary/aromatic N) is 1. The highest BCUT2D eigenvalue weighted by atomic mass is 79.9. The van der Waals surface area contributed by atoms with Crippen LogP contribution in [-0.2, 0) is 26.0 Å². The summed E-state index contributed by atoms with van der Waals surface area (Å²) < 4.78 is 45.5. The molecule has 0 saturated carbocycles. The van der Waals surface area contributed by atoms with Crippen LogP contribution in [0.3, 0.4) is 0 Å². The molecule has 1 heterocycles. The number of aromatic nitrogens is 1. The van der Waals surface area contributed by atoms with Crippen LogP contribution >= 0.6 is 27.3 Å². The molecule has 1 N–H and O–H groups in total. The molecule has 0 amide bonds. The summed E-state index contributed by atoms with van der Waals surface area (Å²) in [5.74, 6) is -1.33. The minimum atomic E-state index is -4.10. The predicted octanol–water partition coefficient (Wildman–Crippen LogP) is 2.95. The van der Waals surface area contributed by atoms with E-state index in [1.807, 2.05) is 0 Å². The first kappa shape index (κ1) is 17.8. The summed E-state index contributed by atoms with van der Waals surface area (Å²) in [5.41, 5.74) is 0.377. The minimum absolute atomic E-state index is 0.0478. The molecule has 0 aliphatic carbocycles. The van der Waals surface area contributed by atoms with Crippen LogP contribution < -0.4 is 4.72 Å². The number of hydrogen-bond donors (Lipinski definition) is 1. The summed E-state index contributed by atoms with van der Waals surface area (Å²) in [6.07, 6.45) is -0.0568. The summed E-state index contributed by atoms with van der Waals surface area (Å²) in [6.45, 7) is 1.94. The van der Waals surface area contributed by atoms with E-state index in [1.54, 1.807) is 6.92 Å². The monoisotopic (exact) mass is 422 g/mol. The van der Waals surface area contributed by atoms with E-state index < -0.39 is 26.7 Å². The average Bonchev–Trinajstić information content (AvgIpc) is 2.84. The smallest absolute Gasteiger partial charge is 0.311 e. The number of esters is 1. The molecule has 0 aliphatic heterocycles. The average molecular weight is 423 g/mol. The SMILES string of the molecule is CCOC(=O)Cc1csc(NS(=O)(=O)c2ccc(Br)cc2F)n1. The van der Waals surface area contributed by atoms with Crippen molar-refractivity contribution in [3.63, 3.8) is 0 Å². The maximum Gasteiger partial charge on any atom is 0.311 e. The lowest BCUT2D eigenvalue weighted by molar-refractivity contribution is -0.142. The van der Waals surface area contributed by atoms with Crippen LogP contribution in [0.2, 0.25) is 0 Å². The quantitative estimate of drug-likeness (QED) is 0.723. The van der Waals surface area contributed by atoms with Gasteiger partial charge in [0, 0.05) is 9.85 Å². The van der Waals surface area contributed by atoms with Crippen LogP contribution in [-0.4, -0.2) is 26.0 Å². The van der Waals surface area contributed by atoms with E-state index >= 15 is 0 Å². The van der Waals surface area contributed by atoms with Gasteiger partial charge in [0.05, 0.1) is 18.7 Å². The Labute approximate surface area is 144 Å². The lowest BCUT2D eigenvalue weighted by Gasteiger charge is -2.06.